The number of hydrogen-bond acceptors (Lipinski definition) is 6. The van der Waals surface area contributed by atoms with Crippen LogP contribution in [-0.4, -0.2) is 40.9 Å². The van der Waals surface area contributed by atoms with Crippen molar-refractivity contribution in [1.82, 2.24) is 5.32 Å². The van der Waals surface area contributed by atoms with Crippen LogP contribution in [0.15, 0.2) is 0 Å². The zero-order chi connectivity index (χ0) is 18.6. The number of carbonyl (C=O) groups excluding carboxylic acids is 3. The Kier molecular flexibility index (Phi) is 6.63. The minimum Gasteiger partial charge on any atom is -0.458 e. The van der Waals surface area contributed by atoms with Crippen molar-refractivity contribution in [2.45, 2.75) is 85.2 Å². The third-order valence-electron chi connectivity index (χ3n) is 1.95. The molecule has 0 aromatic rings. The van der Waals surface area contributed by atoms with Gasteiger partial charge in [0.2, 0.25) is 6.04 Å². The molecule has 0 bridgehead atoms. The van der Waals surface area contributed by atoms with Gasteiger partial charge in [0.1, 0.15) is 16.8 Å². The molecule has 134 valence electrons. The average Bonchev–Trinajstić information content (AvgIpc) is 2.17. The van der Waals surface area contributed by atoms with Crippen molar-refractivity contribution in [2.75, 3.05) is 0 Å². The maximum absolute atomic E-state index is 12.2. The van der Waals surface area contributed by atoms with Crippen LogP contribution in [0.1, 0.15) is 62.3 Å². The van der Waals surface area contributed by atoms with Crippen molar-refractivity contribution in [3.8, 4) is 0 Å². The molecule has 1 amide bonds. The highest BCUT2D eigenvalue weighted by Crippen LogP contribution is 2.14. The smallest absolute Gasteiger partial charge is 0.408 e. The lowest BCUT2D eigenvalue weighted by molar-refractivity contribution is -0.170. The Morgan fingerprint density at radius 3 is 1.22 bits per heavy atom. The van der Waals surface area contributed by atoms with Crippen LogP contribution >= 0.6 is 0 Å². The highest BCUT2D eigenvalue weighted by molar-refractivity contribution is 6.02. The zero-order valence-corrected chi connectivity index (χ0v) is 15.5. The van der Waals surface area contributed by atoms with Crippen molar-refractivity contribution in [3.63, 3.8) is 0 Å². The van der Waals surface area contributed by atoms with Crippen molar-refractivity contribution >= 4 is 18.0 Å². The van der Waals surface area contributed by atoms with Gasteiger partial charge in [-0.15, -0.1) is 0 Å². The summed E-state index contributed by atoms with van der Waals surface area (Å²) in [6.45, 7) is 15.0. The summed E-state index contributed by atoms with van der Waals surface area (Å²) in [7, 11) is 0. The van der Waals surface area contributed by atoms with E-state index < -0.39 is 40.9 Å². The molecule has 0 aliphatic rings. The number of amides is 1. The minimum absolute atomic E-state index is 0.767. The van der Waals surface area contributed by atoms with E-state index in [2.05, 4.69) is 5.32 Å². The number of esters is 2. The Morgan fingerprint density at radius 1 is 0.652 bits per heavy atom. The highest BCUT2D eigenvalue weighted by atomic mass is 16.6. The van der Waals surface area contributed by atoms with E-state index >= 15 is 0 Å². The van der Waals surface area contributed by atoms with Gasteiger partial charge in [0.05, 0.1) is 0 Å². The van der Waals surface area contributed by atoms with Gasteiger partial charge in [-0.2, -0.15) is 0 Å². The predicted octanol–water partition coefficient (Wildman–Crippen LogP) is 2.56. The Balaban J connectivity index is 5.19. The van der Waals surface area contributed by atoms with Gasteiger partial charge in [0, 0.05) is 0 Å². The maximum atomic E-state index is 12.2. The van der Waals surface area contributed by atoms with Crippen molar-refractivity contribution in [3.05, 3.63) is 0 Å². The fraction of sp³-hybridized carbons (Fsp3) is 0.812. The molecule has 0 atom stereocenters. The van der Waals surface area contributed by atoms with Gasteiger partial charge >= 0.3 is 18.0 Å². The quantitative estimate of drug-likeness (QED) is 0.485. The summed E-state index contributed by atoms with van der Waals surface area (Å²) in [6, 6.07) is -1.59. The van der Waals surface area contributed by atoms with E-state index in [1.165, 1.54) is 0 Å². The highest BCUT2D eigenvalue weighted by Gasteiger charge is 2.37. The average molecular weight is 331 g/mol. The van der Waals surface area contributed by atoms with Crippen molar-refractivity contribution in [2.24, 2.45) is 0 Å². The number of ether oxygens (including phenoxy) is 3. The molecule has 0 heterocycles. The van der Waals surface area contributed by atoms with Gasteiger partial charge in [-0.05, 0) is 62.3 Å². The number of carbonyl (C=O) groups is 3. The second-order valence-corrected chi connectivity index (χ2v) is 8.15. The third-order valence-corrected chi connectivity index (χ3v) is 1.95. The Hall–Kier alpha value is -1.79. The molecule has 23 heavy (non-hydrogen) atoms. The molecule has 0 radical (unpaired) electrons. The zero-order valence-electron chi connectivity index (χ0n) is 15.5. The van der Waals surface area contributed by atoms with Gasteiger partial charge < -0.3 is 14.2 Å². The van der Waals surface area contributed by atoms with Crippen LogP contribution in [0.4, 0.5) is 4.79 Å². The van der Waals surface area contributed by atoms with E-state index in [4.69, 9.17) is 14.2 Å². The van der Waals surface area contributed by atoms with Gasteiger partial charge in [0.25, 0.3) is 0 Å². The molecule has 1 N–H and O–H groups in total. The minimum atomic E-state index is -1.59. The van der Waals surface area contributed by atoms with E-state index in [-0.39, 0.29) is 0 Å². The molecule has 0 rings (SSSR count). The first-order valence-electron chi connectivity index (χ1n) is 7.45. The molecule has 7 heteroatoms. The maximum Gasteiger partial charge on any atom is 0.408 e. The second kappa shape index (κ2) is 7.19. The lowest BCUT2D eigenvalue weighted by atomic mass is 10.1. The molecule has 7 nitrogen and oxygen atoms in total. The number of hydrogen-bond donors (Lipinski definition) is 1. The first kappa shape index (κ1) is 21.2. The Bertz CT molecular complexity index is 423. The molecule has 0 saturated heterocycles. The van der Waals surface area contributed by atoms with E-state index in [1.54, 1.807) is 62.3 Å². The van der Waals surface area contributed by atoms with Crippen LogP contribution in [-0.2, 0) is 23.8 Å². The van der Waals surface area contributed by atoms with E-state index in [1.807, 2.05) is 0 Å². The SMILES string of the molecule is CC(C)(C)OC(=O)NC(C(=O)OC(C)(C)C)C(=O)OC(C)(C)C. The van der Waals surface area contributed by atoms with Gasteiger partial charge in [-0.25, -0.2) is 14.4 Å². The van der Waals surface area contributed by atoms with Crippen LogP contribution in [0.2, 0.25) is 0 Å². The van der Waals surface area contributed by atoms with Gasteiger partial charge in [-0.3, -0.25) is 5.32 Å². The molecule has 0 spiro atoms. The predicted molar refractivity (Wildman–Crippen MR) is 84.8 cm³/mol. The van der Waals surface area contributed by atoms with Crippen LogP contribution < -0.4 is 5.32 Å². The first-order chi connectivity index (χ1) is 10.0. The molecular weight excluding hydrogens is 302 g/mol. The fourth-order valence-electron chi connectivity index (χ4n) is 1.36. The Morgan fingerprint density at radius 2 is 0.957 bits per heavy atom. The summed E-state index contributed by atoms with van der Waals surface area (Å²) in [5, 5.41) is 2.21. The summed E-state index contributed by atoms with van der Waals surface area (Å²) >= 11 is 0. The largest absolute Gasteiger partial charge is 0.458 e. The normalized spacial score (nSPS) is 12.6. The number of alkyl carbamates (subject to hydrolysis) is 1. The second-order valence-electron chi connectivity index (χ2n) is 8.15. The standard InChI is InChI=1S/C16H29NO6/c1-14(2,3)21-11(18)10(12(19)22-15(4,5)6)17-13(20)23-16(7,8)9/h10H,1-9H3,(H,17,20). The Labute approximate surface area is 138 Å². The van der Waals surface area contributed by atoms with Crippen LogP contribution in [0.3, 0.4) is 0 Å². The molecule has 0 aliphatic carbocycles. The number of nitrogens with one attached hydrogen (secondary N) is 1. The molecule has 0 aromatic heterocycles. The summed E-state index contributed by atoms with van der Waals surface area (Å²) in [6.07, 6.45) is -0.904. The van der Waals surface area contributed by atoms with E-state index in [0.717, 1.165) is 0 Å². The van der Waals surface area contributed by atoms with Gasteiger partial charge in [-0.1, -0.05) is 0 Å². The summed E-state index contributed by atoms with van der Waals surface area (Å²) in [5.41, 5.74) is -2.39. The first-order valence-corrected chi connectivity index (χ1v) is 7.45. The molecule has 0 fully saturated rings. The molecular formula is C16H29NO6. The lowest BCUT2D eigenvalue weighted by Crippen LogP contribution is -2.52. The summed E-state index contributed by atoms with van der Waals surface area (Å²) < 4.78 is 15.4. The van der Waals surface area contributed by atoms with E-state index in [9.17, 15) is 14.4 Å². The molecule has 0 unspecified atom stereocenters. The number of rotatable bonds is 3. The van der Waals surface area contributed by atoms with Crippen molar-refractivity contribution in [1.29, 1.82) is 0 Å². The topological polar surface area (TPSA) is 90.9 Å². The summed E-state index contributed by atoms with van der Waals surface area (Å²) in [4.78, 5) is 36.2. The lowest BCUT2D eigenvalue weighted by Gasteiger charge is -2.27. The fourth-order valence-corrected chi connectivity index (χ4v) is 1.36. The van der Waals surface area contributed by atoms with Gasteiger partial charge in [0.15, 0.2) is 0 Å². The summed E-state index contributed by atoms with van der Waals surface area (Å²) in [5.74, 6) is -1.81. The van der Waals surface area contributed by atoms with Crippen LogP contribution in [0, 0.1) is 0 Å². The molecule has 0 saturated carbocycles. The van der Waals surface area contributed by atoms with Crippen molar-refractivity contribution < 1.29 is 28.6 Å². The molecule has 0 aromatic carbocycles. The van der Waals surface area contributed by atoms with Crippen LogP contribution in [0.5, 0.6) is 0 Å². The van der Waals surface area contributed by atoms with E-state index in [0.29, 0.717) is 0 Å². The van der Waals surface area contributed by atoms with Crippen LogP contribution in [0.25, 0.3) is 0 Å². The molecule has 0 aliphatic heterocycles. The third kappa shape index (κ3) is 10.5. The monoisotopic (exact) mass is 331 g/mol.